The number of fused-ring (bicyclic) bond motifs is 3. The standard InChI is InChI=1S/C24H19F3N2O2/c1-12-17(24(31)28-20-7-6-19(26)23(27)22(12)20)10-21(30)29-11-14-8-16(29)9-18(14)13-2-4-15(25)5-3-13/h2-7,9,14,16H,8,10-11H2,1H3,(H,28,31)/t14-,16-/m0/s1. The zero-order chi connectivity index (χ0) is 21.9. The molecule has 0 saturated carbocycles. The zero-order valence-corrected chi connectivity index (χ0v) is 16.7. The van der Waals surface area contributed by atoms with Crippen molar-refractivity contribution in [3.8, 4) is 0 Å². The normalized spacial score (nSPS) is 19.9. The fraction of sp³-hybridized carbons (Fsp3) is 0.250. The van der Waals surface area contributed by atoms with Crippen LogP contribution in [-0.2, 0) is 11.2 Å². The van der Waals surface area contributed by atoms with Gasteiger partial charge in [0, 0.05) is 23.4 Å². The van der Waals surface area contributed by atoms with Crippen molar-refractivity contribution in [3.63, 3.8) is 0 Å². The van der Waals surface area contributed by atoms with E-state index in [1.54, 1.807) is 17.0 Å². The van der Waals surface area contributed by atoms with Gasteiger partial charge in [-0.05, 0) is 54.3 Å². The lowest BCUT2D eigenvalue weighted by atomic mass is 9.95. The number of nitrogens with one attached hydrogen (secondary N) is 1. The second kappa shape index (κ2) is 7.11. The summed E-state index contributed by atoms with van der Waals surface area (Å²) in [5, 5.41) is -0.0103. The lowest BCUT2D eigenvalue weighted by Gasteiger charge is -2.27. The molecule has 1 aromatic heterocycles. The van der Waals surface area contributed by atoms with Gasteiger partial charge < -0.3 is 9.88 Å². The molecule has 1 aliphatic carbocycles. The Labute approximate surface area is 176 Å². The van der Waals surface area contributed by atoms with Crippen LogP contribution in [0.5, 0.6) is 0 Å². The summed E-state index contributed by atoms with van der Waals surface area (Å²) in [6, 6.07) is 8.49. The molecule has 5 rings (SSSR count). The molecule has 0 unspecified atom stereocenters. The van der Waals surface area contributed by atoms with Crippen LogP contribution in [0.25, 0.3) is 16.5 Å². The molecule has 0 spiro atoms. The van der Waals surface area contributed by atoms with Crippen molar-refractivity contribution in [2.45, 2.75) is 25.8 Å². The predicted octanol–water partition coefficient (Wildman–Crippen LogP) is 4.11. The van der Waals surface area contributed by atoms with Crippen molar-refractivity contribution >= 4 is 22.4 Å². The second-order valence-electron chi connectivity index (χ2n) is 8.19. The highest BCUT2D eigenvalue weighted by atomic mass is 19.2. The number of pyridine rings is 1. The Kier molecular flexibility index (Phi) is 4.50. The zero-order valence-electron chi connectivity index (χ0n) is 16.7. The first-order valence-corrected chi connectivity index (χ1v) is 10.1. The number of aryl methyl sites for hydroxylation is 1. The topological polar surface area (TPSA) is 53.2 Å². The van der Waals surface area contributed by atoms with Crippen molar-refractivity contribution in [3.05, 3.63) is 87.0 Å². The van der Waals surface area contributed by atoms with Gasteiger partial charge in [-0.3, -0.25) is 9.59 Å². The molecule has 2 heterocycles. The van der Waals surface area contributed by atoms with Crippen LogP contribution in [0.2, 0.25) is 0 Å². The first-order chi connectivity index (χ1) is 14.8. The number of carbonyl (C=O) groups is 1. The molecule has 2 aromatic carbocycles. The van der Waals surface area contributed by atoms with E-state index in [1.807, 2.05) is 6.08 Å². The van der Waals surface area contributed by atoms with Gasteiger partial charge in [-0.2, -0.15) is 0 Å². The van der Waals surface area contributed by atoms with Crippen LogP contribution in [0.4, 0.5) is 13.2 Å². The number of hydrogen-bond acceptors (Lipinski definition) is 2. The number of likely N-dealkylation sites (tertiary alicyclic amines) is 1. The van der Waals surface area contributed by atoms with Crippen molar-refractivity contribution < 1.29 is 18.0 Å². The number of H-pyrrole nitrogens is 1. The van der Waals surface area contributed by atoms with E-state index in [-0.39, 0.29) is 52.1 Å². The maximum absolute atomic E-state index is 14.3. The van der Waals surface area contributed by atoms with Crippen molar-refractivity contribution in [1.29, 1.82) is 0 Å². The summed E-state index contributed by atoms with van der Waals surface area (Å²) >= 11 is 0. The molecule has 158 valence electrons. The summed E-state index contributed by atoms with van der Waals surface area (Å²) in [6.45, 7) is 2.05. The summed E-state index contributed by atoms with van der Waals surface area (Å²) in [4.78, 5) is 29.8. The van der Waals surface area contributed by atoms with E-state index < -0.39 is 17.2 Å². The number of rotatable bonds is 3. The van der Waals surface area contributed by atoms with Crippen molar-refractivity contribution in [2.75, 3.05) is 6.54 Å². The van der Waals surface area contributed by atoms with E-state index in [0.717, 1.165) is 23.6 Å². The Morgan fingerprint density at radius 2 is 1.87 bits per heavy atom. The van der Waals surface area contributed by atoms with Crippen LogP contribution in [0.3, 0.4) is 0 Å². The summed E-state index contributed by atoms with van der Waals surface area (Å²) in [5.41, 5.74) is 2.19. The Morgan fingerprint density at radius 1 is 1.13 bits per heavy atom. The molecule has 2 atom stereocenters. The summed E-state index contributed by atoms with van der Waals surface area (Å²) in [6.07, 6.45) is 2.62. The van der Waals surface area contributed by atoms with E-state index in [0.29, 0.717) is 6.54 Å². The lowest BCUT2D eigenvalue weighted by molar-refractivity contribution is -0.130. The van der Waals surface area contributed by atoms with E-state index >= 15 is 0 Å². The fourth-order valence-corrected chi connectivity index (χ4v) is 4.86. The lowest BCUT2D eigenvalue weighted by Crippen LogP contribution is -2.38. The number of halogens is 3. The van der Waals surface area contributed by atoms with Gasteiger partial charge in [0.1, 0.15) is 5.82 Å². The minimum Gasteiger partial charge on any atom is -0.335 e. The monoisotopic (exact) mass is 424 g/mol. The predicted molar refractivity (Wildman–Crippen MR) is 111 cm³/mol. The van der Waals surface area contributed by atoms with Crippen LogP contribution >= 0.6 is 0 Å². The highest BCUT2D eigenvalue weighted by molar-refractivity contribution is 5.87. The van der Waals surface area contributed by atoms with E-state index in [1.165, 1.54) is 25.1 Å². The quantitative estimate of drug-likeness (QED) is 0.688. The fourth-order valence-electron chi connectivity index (χ4n) is 4.86. The van der Waals surface area contributed by atoms with Crippen LogP contribution in [-0.4, -0.2) is 28.4 Å². The Morgan fingerprint density at radius 3 is 2.55 bits per heavy atom. The number of carbonyl (C=O) groups excluding carboxylic acids is 1. The molecule has 1 amide bonds. The molecule has 1 saturated heterocycles. The summed E-state index contributed by atoms with van der Waals surface area (Å²) in [7, 11) is 0. The average molecular weight is 424 g/mol. The number of amides is 1. The third kappa shape index (κ3) is 3.15. The number of nitrogens with zero attached hydrogens (tertiary/aromatic N) is 1. The van der Waals surface area contributed by atoms with E-state index in [2.05, 4.69) is 4.98 Å². The number of aromatic nitrogens is 1. The molecule has 0 radical (unpaired) electrons. The minimum atomic E-state index is -1.04. The molecular formula is C24H19F3N2O2. The largest absolute Gasteiger partial charge is 0.335 e. The minimum absolute atomic E-state index is 0.0103. The van der Waals surface area contributed by atoms with Gasteiger partial charge in [0.05, 0.1) is 18.0 Å². The Balaban J connectivity index is 1.42. The third-order valence-electron chi connectivity index (χ3n) is 6.43. The maximum Gasteiger partial charge on any atom is 0.252 e. The van der Waals surface area contributed by atoms with Crippen LogP contribution < -0.4 is 5.56 Å². The van der Waals surface area contributed by atoms with Crippen LogP contribution in [0, 0.1) is 30.3 Å². The first-order valence-electron chi connectivity index (χ1n) is 10.1. The summed E-state index contributed by atoms with van der Waals surface area (Å²) in [5.74, 6) is -2.41. The van der Waals surface area contributed by atoms with Gasteiger partial charge >= 0.3 is 0 Å². The first kappa shape index (κ1) is 19.6. The van der Waals surface area contributed by atoms with Crippen molar-refractivity contribution in [2.24, 2.45) is 5.92 Å². The van der Waals surface area contributed by atoms with Crippen LogP contribution in [0.15, 0.2) is 47.3 Å². The van der Waals surface area contributed by atoms with Crippen LogP contribution in [0.1, 0.15) is 23.1 Å². The highest BCUT2D eigenvalue weighted by Crippen LogP contribution is 2.42. The van der Waals surface area contributed by atoms with Gasteiger partial charge in [-0.25, -0.2) is 13.2 Å². The molecule has 3 aromatic rings. The maximum atomic E-state index is 14.3. The summed E-state index contributed by atoms with van der Waals surface area (Å²) < 4.78 is 41.2. The van der Waals surface area contributed by atoms with Gasteiger partial charge in [0.25, 0.3) is 5.56 Å². The Bertz CT molecular complexity index is 1310. The molecule has 1 N–H and O–H groups in total. The van der Waals surface area contributed by atoms with E-state index in [9.17, 15) is 22.8 Å². The van der Waals surface area contributed by atoms with Gasteiger partial charge in [-0.1, -0.05) is 18.2 Å². The molecule has 4 nitrogen and oxygen atoms in total. The smallest absolute Gasteiger partial charge is 0.252 e. The number of aromatic amines is 1. The third-order valence-corrected chi connectivity index (χ3v) is 6.43. The number of hydrogen-bond donors (Lipinski definition) is 1. The van der Waals surface area contributed by atoms with Gasteiger partial charge in [-0.15, -0.1) is 0 Å². The SMILES string of the molecule is Cc1c(CC(=O)N2C[C@@H]3C[C@H]2C=C3c2ccc(F)cc2)c(=O)[nH]c2ccc(F)c(F)c12. The highest BCUT2D eigenvalue weighted by Gasteiger charge is 2.41. The average Bonchev–Trinajstić information content (AvgIpc) is 3.35. The van der Waals surface area contributed by atoms with Gasteiger partial charge in [0.2, 0.25) is 5.91 Å². The molecule has 7 heteroatoms. The van der Waals surface area contributed by atoms with Gasteiger partial charge in [0.15, 0.2) is 11.6 Å². The Hall–Kier alpha value is -3.35. The molecule has 2 aliphatic rings. The number of benzene rings is 2. The van der Waals surface area contributed by atoms with E-state index in [4.69, 9.17) is 0 Å². The second-order valence-corrected chi connectivity index (χ2v) is 8.19. The molecule has 2 bridgehead atoms. The molecule has 1 aliphatic heterocycles. The molecular weight excluding hydrogens is 405 g/mol. The van der Waals surface area contributed by atoms with Crippen molar-refractivity contribution in [1.82, 2.24) is 9.88 Å². The molecule has 31 heavy (non-hydrogen) atoms. The molecule has 1 fully saturated rings.